The van der Waals surface area contributed by atoms with Gasteiger partial charge in [-0.1, -0.05) is 26.5 Å². The molecular weight excluding hydrogens is 552 g/mol. The summed E-state index contributed by atoms with van der Waals surface area (Å²) in [5.41, 5.74) is 6.42. The fourth-order valence-corrected chi connectivity index (χ4v) is 3.92. The van der Waals surface area contributed by atoms with Crippen molar-refractivity contribution >= 4 is 12.2 Å². The summed E-state index contributed by atoms with van der Waals surface area (Å²) in [6, 6.07) is 8.92. The smallest absolute Gasteiger partial charge is 0.437 e. The predicted octanol–water partition coefficient (Wildman–Crippen LogP) is 6.22. The van der Waals surface area contributed by atoms with E-state index in [-0.39, 0.29) is 24.5 Å². The van der Waals surface area contributed by atoms with Crippen molar-refractivity contribution < 1.29 is 33.4 Å². The SMILES string of the molecule is C.CC(C)(C)OC(=O)N1OC1c1ccc(C#N)cc1.CC1(CNC(=O)OC(C)(C)C)CCOCC1.CC1(N)CCOCC1. The zero-order valence-corrected chi connectivity index (χ0v) is 26.6. The summed E-state index contributed by atoms with van der Waals surface area (Å²) in [5, 5.41) is 12.7. The van der Waals surface area contributed by atoms with Crippen molar-refractivity contribution in [2.24, 2.45) is 11.1 Å². The topological polar surface area (TPSA) is 148 Å². The fraction of sp³-hybridized carbons (Fsp3) is 0.719. The second-order valence-electron chi connectivity index (χ2n) is 13.5. The van der Waals surface area contributed by atoms with Crippen LogP contribution in [0.3, 0.4) is 0 Å². The molecule has 0 aromatic heterocycles. The van der Waals surface area contributed by atoms with Crippen molar-refractivity contribution in [3.63, 3.8) is 0 Å². The average Bonchev–Trinajstić information content (AvgIpc) is 3.68. The second kappa shape index (κ2) is 16.2. The Balaban J connectivity index is 0.000000340. The van der Waals surface area contributed by atoms with Gasteiger partial charge in [0.2, 0.25) is 6.23 Å². The summed E-state index contributed by atoms with van der Waals surface area (Å²) in [4.78, 5) is 28.3. The van der Waals surface area contributed by atoms with Crippen LogP contribution in [0.1, 0.15) is 106 Å². The summed E-state index contributed by atoms with van der Waals surface area (Å²) in [6.07, 6.45) is 2.75. The molecule has 2 amide bonds. The molecular formula is C32H54N4O7. The van der Waals surface area contributed by atoms with Gasteiger partial charge in [-0.05, 0) is 91.7 Å². The molecule has 1 unspecified atom stereocenters. The Hall–Kier alpha value is -2.91. The Labute approximate surface area is 258 Å². The van der Waals surface area contributed by atoms with Crippen molar-refractivity contribution in [2.45, 2.75) is 111 Å². The van der Waals surface area contributed by atoms with Crippen molar-refractivity contribution in [1.82, 2.24) is 10.4 Å². The van der Waals surface area contributed by atoms with Crippen LogP contribution >= 0.6 is 0 Å². The van der Waals surface area contributed by atoms with Gasteiger partial charge in [0, 0.05) is 44.1 Å². The first-order valence-electron chi connectivity index (χ1n) is 14.5. The van der Waals surface area contributed by atoms with Crippen molar-refractivity contribution in [1.29, 1.82) is 5.26 Å². The van der Waals surface area contributed by atoms with Crippen LogP contribution < -0.4 is 11.1 Å². The molecule has 4 rings (SSSR count). The van der Waals surface area contributed by atoms with Crippen LogP contribution in [0.5, 0.6) is 0 Å². The van der Waals surface area contributed by atoms with E-state index in [1.165, 1.54) is 5.06 Å². The Morgan fingerprint density at radius 2 is 1.44 bits per heavy atom. The number of nitrogens with zero attached hydrogens (tertiary/aromatic N) is 2. The first-order valence-corrected chi connectivity index (χ1v) is 14.5. The predicted molar refractivity (Wildman–Crippen MR) is 165 cm³/mol. The number of hydroxylamine groups is 2. The summed E-state index contributed by atoms with van der Waals surface area (Å²) >= 11 is 0. The molecule has 3 heterocycles. The second-order valence-corrected chi connectivity index (χ2v) is 13.5. The molecule has 43 heavy (non-hydrogen) atoms. The van der Waals surface area contributed by atoms with Gasteiger partial charge in [-0.25, -0.2) is 14.4 Å². The lowest BCUT2D eigenvalue weighted by atomic mass is 9.82. The number of hydrogen-bond donors (Lipinski definition) is 2. The van der Waals surface area contributed by atoms with Crippen molar-refractivity contribution in [2.75, 3.05) is 33.0 Å². The zero-order chi connectivity index (χ0) is 31.6. The maximum Gasteiger partial charge on any atom is 0.437 e. The standard InChI is InChI=1S/C13H14N2O3.C12H23NO3.C6H13NO.CH4/c1-13(2,3)17-12(16)15-11(18-15)10-6-4-9(8-14)5-7-10;1-11(2,3)16-10(14)13-9-12(4)5-7-15-8-6-12;1-6(7)2-4-8-5-3-6;/h4-7,11H,1-3H3;5-9H2,1-4H3,(H,13,14);2-5,7H2,1H3;1H4. The number of carbonyl (C=O) groups is 2. The van der Waals surface area contributed by atoms with E-state index in [1.807, 2.05) is 26.8 Å². The third-order valence-electron chi connectivity index (χ3n) is 6.67. The molecule has 0 spiro atoms. The van der Waals surface area contributed by atoms with Gasteiger partial charge in [0.15, 0.2) is 0 Å². The molecule has 244 valence electrons. The molecule has 11 heteroatoms. The highest BCUT2D eigenvalue weighted by Crippen LogP contribution is 2.38. The zero-order valence-electron chi connectivity index (χ0n) is 26.6. The summed E-state index contributed by atoms with van der Waals surface area (Å²) in [7, 11) is 0. The number of nitriles is 1. The number of ether oxygens (including phenoxy) is 4. The number of carbonyl (C=O) groups excluding carboxylic acids is 2. The van der Waals surface area contributed by atoms with Crippen LogP contribution in [0.15, 0.2) is 24.3 Å². The van der Waals surface area contributed by atoms with Crippen LogP contribution in [0.25, 0.3) is 0 Å². The van der Waals surface area contributed by atoms with E-state index >= 15 is 0 Å². The molecule has 11 nitrogen and oxygen atoms in total. The molecule has 0 saturated carbocycles. The van der Waals surface area contributed by atoms with Crippen molar-refractivity contribution in [3.8, 4) is 6.07 Å². The van der Waals surface area contributed by atoms with Gasteiger partial charge in [-0.15, -0.1) is 5.06 Å². The molecule has 0 aliphatic carbocycles. The third kappa shape index (κ3) is 15.4. The van der Waals surface area contributed by atoms with Crippen molar-refractivity contribution in [3.05, 3.63) is 35.4 Å². The Morgan fingerprint density at radius 3 is 1.86 bits per heavy atom. The molecule has 1 aromatic rings. The lowest BCUT2D eigenvalue weighted by molar-refractivity contribution is 0.0179. The molecule has 3 N–H and O–H groups in total. The fourth-order valence-electron chi connectivity index (χ4n) is 3.92. The first kappa shape index (κ1) is 38.1. The molecule has 3 aliphatic rings. The molecule has 1 atom stereocenters. The first-order chi connectivity index (χ1) is 19.4. The van der Waals surface area contributed by atoms with Crippen LogP contribution in [0, 0.1) is 16.7 Å². The average molecular weight is 607 g/mol. The number of alkyl carbamates (subject to hydrolysis) is 1. The van der Waals surface area contributed by atoms with E-state index in [1.54, 1.807) is 45.0 Å². The summed E-state index contributed by atoms with van der Waals surface area (Å²) < 4.78 is 20.8. The Bertz CT molecular complexity index is 1040. The van der Waals surface area contributed by atoms with Gasteiger partial charge in [-0.2, -0.15) is 5.26 Å². The Kier molecular flexibility index (Phi) is 14.4. The highest BCUT2D eigenvalue weighted by atomic mass is 16.9. The quantitative estimate of drug-likeness (QED) is 0.383. The third-order valence-corrected chi connectivity index (χ3v) is 6.67. The molecule has 3 fully saturated rings. The number of nitrogens with two attached hydrogens (primary N) is 1. The monoisotopic (exact) mass is 606 g/mol. The molecule has 0 radical (unpaired) electrons. The van der Waals surface area contributed by atoms with Crippen LogP contribution in [-0.4, -0.2) is 67.0 Å². The highest BCUT2D eigenvalue weighted by molar-refractivity contribution is 5.69. The highest BCUT2D eigenvalue weighted by Gasteiger charge is 2.45. The van der Waals surface area contributed by atoms with E-state index < -0.39 is 23.5 Å². The largest absolute Gasteiger partial charge is 0.444 e. The number of rotatable bonds is 3. The van der Waals surface area contributed by atoms with Crippen LogP contribution in [-0.2, 0) is 23.8 Å². The molecule has 0 bridgehead atoms. The van der Waals surface area contributed by atoms with Gasteiger partial charge >= 0.3 is 12.2 Å². The number of amides is 2. The number of nitrogens with one attached hydrogen (secondary N) is 1. The van der Waals surface area contributed by atoms with E-state index in [9.17, 15) is 9.59 Å². The molecule has 3 saturated heterocycles. The summed E-state index contributed by atoms with van der Waals surface area (Å²) in [5.74, 6) is 0. The van der Waals surface area contributed by atoms with Gasteiger partial charge < -0.3 is 30.0 Å². The number of benzene rings is 1. The normalized spacial score (nSPS) is 20.3. The van der Waals surface area contributed by atoms with E-state index in [2.05, 4.69) is 19.2 Å². The maximum atomic E-state index is 11.7. The summed E-state index contributed by atoms with van der Waals surface area (Å²) in [6.45, 7) is 19.1. The van der Waals surface area contributed by atoms with Gasteiger partial charge in [0.1, 0.15) is 11.2 Å². The number of hydrogen-bond acceptors (Lipinski definition) is 9. The van der Waals surface area contributed by atoms with E-state index in [0.29, 0.717) is 12.1 Å². The van der Waals surface area contributed by atoms with Gasteiger partial charge in [0.05, 0.1) is 11.6 Å². The van der Waals surface area contributed by atoms with Gasteiger partial charge in [-0.3, -0.25) is 0 Å². The van der Waals surface area contributed by atoms with E-state index in [0.717, 1.165) is 57.7 Å². The molecule has 3 aliphatic heterocycles. The van der Waals surface area contributed by atoms with Crippen LogP contribution in [0.4, 0.5) is 9.59 Å². The molecule has 1 aromatic carbocycles. The van der Waals surface area contributed by atoms with E-state index in [4.69, 9.17) is 34.8 Å². The minimum Gasteiger partial charge on any atom is -0.444 e. The van der Waals surface area contributed by atoms with Crippen LogP contribution in [0.2, 0.25) is 0 Å². The minimum absolute atomic E-state index is 0. The lowest BCUT2D eigenvalue weighted by Crippen LogP contribution is -2.41. The maximum absolute atomic E-state index is 11.7. The minimum atomic E-state index is -0.543. The lowest BCUT2D eigenvalue weighted by Gasteiger charge is -2.33. The Morgan fingerprint density at radius 1 is 0.953 bits per heavy atom. The van der Waals surface area contributed by atoms with Gasteiger partial charge in [0.25, 0.3) is 0 Å².